The summed E-state index contributed by atoms with van der Waals surface area (Å²) in [5.74, 6) is 0. The highest BCUT2D eigenvalue weighted by molar-refractivity contribution is 6.15. The van der Waals surface area contributed by atoms with Gasteiger partial charge in [0.05, 0.1) is 17.2 Å². The molecule has 4 aromatic heterocycles. The summed E-state index contributed by atoms with van der Waals surface area (Å²) in [5.41, 5.74) is 15.1. The van der Waals surface area contributed by atoms with Crippen LogP contribution in [-0.2, 0) is 12.8 Å². The molecule has 0 aliphatic heterocycles. The maximum Gasteiger partial charge on any atom is 0.178 e. The average molecular weight is 447 g/mol. The first-order valence-electron chi connectivity index (χ1n) is 12.0. The number of hydrogen-bond acceptors (Lipinski definition) is 3. The van der Waals surface area contributed by atoms with Gasteiger partial charge in [-0.05, 0) is 93.1 Å². The Morgan fingerprint density at radius 3 is 2.63 bits per heavy atom. The quantitative estimate of drug-likeness (QED) is 0.243. The van der Waals surface area contributed by atoms with E-state index in [2.05, 4.69) is 75.0 Å². The van der Waals surface area contributed by atoms with Gasteiger partial charge in [-0.1, -0.05) is 36.4 Å². The molecule has 0 radical (unpaired) electrons. The van der Waals surface area contributed by atoms with Crippen LogP contribution in [0.3, 0.4) is 0 Å². The van der Waals surface area contributed by atoms with E-state index in [1.807, 2.05) is 24.7 Å². The SMILES string of the molecule is c1ccc2c(c1)Cc1ccc3c(c1-2)Cc1cc2c4ccncc4n4c5cccnc5nc4c2cc1-3. The van der Waals surface area contributed by atoms with E-state index < -0.39 is 0 Å². The van der Waals surface area contributed by atoms with Gasteiger partial charge in [-0.15, -0.1) is 0 Å². The number of aromatic nitrogens is 4. The number of imidazole rings is 1. The lowest BCUT2D eigenvalue weighted by Gasteiger charge is -2.11. The van der Waals surface area contributed by atoms with Gasteiger partial charge in [0.1, 0.15) is 5.65 Å². The molecule has 0 saturated heterocycles. The molecule has 9 rings (SSSR count). The highest BCUT2D eigenvalue weighted by Crippen LogP contribution is 2.49. The van der Waals surface area contributed by atoms with E-state index in [4.69, 9.17) is 4.98 Å². The summed E-state index contributed by atoms with van der Waals surface area (Å²) in [5, 5.41) is 3.59. The molecular formula is C31H18N4. The van der Waals surface area contributed by atoms with Crippen LogP contribution in [0.25, 0.3) is 60.7 Å². The van der Waals surface area contributed by atoms with Crippen LogP contribution in [0.1, 0.15) is 22.3 Å². The maximum absolute atomic E-state index is 4.99. The van der Waals surface area contributed by atoms with E-state index in [1.165, 1.54) is 55.3 Å². The first kappa shape index (κ1) is 17.8. The predicted octanol–water partition coefficient (Wildman–Crippen LogP) is 6.73. The molecule has 2 aliphatic rings. The zero-order chi connectivity index (χ0) is 22.7. The molecule has 3 aromatic carbocycles. The van der Waals surface area contributed by atoms with Crippen LogP contribution in [-0.4, -0.2) is 19.4 Å². The molecule has 0 N–H and O–H groups in total. The fourth-order valence-corrected chi connectivity index (χ4v) is 6.51. The number of fused-ring (bicyclic) bond motifs is 15. The van der Waals surface area contributed by atoms with Crippen molar-refractivity contribution in [1.82, 2.24) is 19.4 Å². The molecule has 162 valence electrons. The fraction of sp³-hybridized carbons (Fsp3) is 0.0645. The first-order chi connectivity index (χ1) is 17.3. The zero-order valence-corrected chi connectivity index (χ0v) is 18.8. The fourth-order valence-electron chi connectivity index (χ4n) is 6.51. The van der Waals surface area contributed by atoms with Crippen molar-refractivity contribution in [3.63, 3.8) is 0 Å². The molecule has 4 heterocycles. The lowest BCUT2D eigenvalue weighted by molar-refractivity contribution is 1.23. The van der Waals surface area contributed by atoms with Gasteiger partial charge in [-0.3, -0.25) is 9.38 Å². The Morgan fingerprint density at radius 1 is 0.657 bits per heavy atom. The zero-order valence-electron chi connectivity index (χ0n) is 18.8. The van der Waals surface area contributed by atoms with Crippen molar-refractivity contribution in [2.24, 2.45) is 0 Å². The van der Waals surface area contributed by atoms with Crippen LogP contribution in [0.4, 0.5) is 0 Å². The largest absolute Gasteiger partial charge is 0.288 e. The summed E-state index contributed by atoms with van der Waals surface area (Å²) in [7, 11) is 0. The van der Waals surface area contributed by atoms with Gasteiger partial charge < -0.3 is 0 Å². The van der Waals surface area contributed by atoms with E-state index in [0.29, 0.717) is 0 Å². The van der Waals surface area contributed by atoms with Crippen molar-refractivity contribution in [3.8, 4) is 22.3 Å². The molecular weight excluding hydrogens is 428 g/mol. The minimum Gasteiger partial charge on any atom is -0.288 e. The second-order valence-electron chi connectivity index (χ2n) is 9.70. The minimum absolute atomic E-state index is 0.764. The van der Waals surface area contributed by atoms with Gasteiger partial charge in [0, 0.05) is 23.2 Å². The Labute approximate surface area is 200 Å². The topological polar surface area (TPSA) is 43.1 Å². The van der Waals surface area contributed by atoms with E-state index in [-0.39, 0.29) is 0 Å². The summed E-state index contributed by atoms with van der Waals surface area (Å²) in [6.45, 7) is 0. The second-order valence-corrected chi connectivity index (χ2v) is 9.70. The van der Waals surface area contributed by atoms with Crippen molar-refractivity contribution >= 4 is 38.5 Å². The van der Waals surface area contributed by atoms with Gasteiger partial charge in [0.25, 0.3) is 0 Å². The van der Waals surface area contributed by atoms with Gasteiger partial charge in [-0.25, -0.2) is 9.97 Å². The molecule has 0 amide bonds. The molecule has 4 heteroatoms. The van der Waals surface area contributed by atoms with Crippen LogP contribution < -0.4 is 0 Å². The third-order valence-corrected chi connectivity index (χ3v) is 7.97. The molecule has 4 nitrogen and oxygen atoms in total. The number of rotatable bonds is 0. The van der Waals surface area contributed by atoms with Crippen LogP contribution in [0.2, 0.25) is 0 Å². The van der Waals surface area contributed by atoms with Gasteiger partial charge >= 0.3 is 0 Å². The second kappa shape index (κ2) is 6.10. The van der Waals surface area contributed by atoms with Crippen LogP contribution >= 0.6 is 0 Å². The maximum atomic E-state index is 4.99. The highest BCUT2D eigenvalue weighted by Gasteiger charge is 2.29. The number of pyridine rings is 3. The molecule has 0 spiro atoms. The van der Waals surface area contributed by atoms with Crippen LogP contribution in [0, 0.1) is 0 Å². The molecule has 0 saturated carbocycles. The minimum atomic E-state index is 0.764. The van der Waals surface area contributed by atoms with Crippen molar-refractivity contribution < 1.29 is 0 Å². The van der Waals surface area contributed by atoms with Gasteiger partial charge in [-0.2, -0.15) is 0 Å². The summed E-state index contributed by atoms with van der Waals surface area (Å²) in [4.78, 5) is 14.0. The normalized spacial score (nSPS) is 13.5. The van der Waals surface area contributed by atoms with Gasteiger partial charge in [0.15, 0.2) is 5.65 Å². The number of hydrogen-bond donors (Lipinski definition) is 0. The third-order valence-electron chi connectivity index (χ3n) is 7.97. The lowest BCUT2D eigenvalue weighted by atomic mass is 9.95. The Hall–Kier alpha value is -4.57. The third kappa shape index (κ3) is 2.15. The summed E-state index contributed by atoms with van der Waals surface area (Å²) in [6.07, 6.45) is 7.64. The Bertz CT molecular complexity index is 2070. The van der Waals surface area contributed by atoms with E-state index >= 15 is 0 Å². The molecule has 2 aliphatic carbocycles. The van der Waals surface area contributed by atoms with E-state index in [0.717, 1.165) is 40.6 Å². The van der Waals surface area contributed by atoms with Crippen molar-refractivity contribution in [2.75, 3.05) is 0 Å². The standard InChI is InChI=1S/C31H18N4/c1-2-5-20-17(4-1)12-18-7-8-21-23-15-26-24(13-19(23)14-25(21)29(18)20)22-9-11-32-16-28(22)35-27-6-3-10-33-30(27)34-31(26)35/h1-11,13,15-16H,12,14H2. The van der Waals surface area contributed by atoms with Crippen LogP contribution in [0.15, 0.2) is 85.3 Å². The van der Waals surface area contributed by atoms with E-state index in [9.17, 15) is 0 Å². The van der Waals surface area contributed by atoms with E-state index in [1.54, 1.807) is 0 Å². The average Bonchev–Trinajstić information content (AvgIpc) is 3.58. The molecule has 7 aromatic rings. The Balaban J connectivity index is 1.41. The van der Waals surface area contributed by atoms with Gasteiger partial charge in [0.2, 0.25) is 0 Å². The summed E-state index contributed by atoms with van der Waals surface area (Å²) in [6, 6.07) is 24.5. The monoisotopic (exact) mass is 446 g/mol. The first-order valence-corrected chi connectivity index (χ1v) is 12.0. The van der Waals surface area contributed by atoms with Crippen molar-refractivity contribution in [1.29, 1.82) is 0 Å². The number of nitrogens with zero attached hydrogens (tertiary/aromatic N) is 4. The predicted molar refractivity (Wildman–Crippen MR) is 140 cm³/mol. The van der Waals surface area contributed by atoms with Crippen LogP contribution in [0.5, 0.6) is 0 Å². The Morgan fingerprint density at radius 2 is 1.63 bits per heavy atom. The number of benzene rings is 3. The smallest absolute Gasteiger partial charge is 0.178 e. The lowest BCUT2D eigenvalue weighted by Crippen LogP contribution is -1.93. The molecule has 35 heavy (non-hydrogen) atoms. The molecule has 0 unspecified atom stereocenters. The molecule has 0 fully saturated rings. The Kier molecular flexibility index (Phi) is 3.11. The van der Waals surface area contributed by atoms with Crippen molar-refractivity contribution in [2.45, 2.75) is 12.8 Å². The summed E-state index contributed by atoms with van der Waals surface area (Å²) >= 11 is 0. The molecule has 0 bridgehead atoms. The summed E-state index contributed by atoms with van der Waals surface area (Å²) < 4.78 is 2.22. The van der Waals surface area contributed by atoms with Crippen molar-refractivity contribution in [3.05, 3.63) is 108 Å². The molecule has 0 atom stereocenters. The highest BCUT2D eigenvalue weighted by atomic mass is 15.1.